The lowest BCUT2D eigenvalue weighted by molar-refractivity contribution is 0.187. The van der Waals surface area contributed by atoms with Crippen molar-refractivity contribution in [1.29, 1.82) is 0 Å². The Morgan fingerprint density at radius 3 is 2.35 bits per heavy atom. The summed E-state index contributed by atoms with van der Waals surface area (Å²) in [5.74, 6) is 1.85. The van der Waals surface area contributed by atoms with Crippen LogP contribution in [0.15, 0.2) is 12.1 Å². The first kappa shape index (κ1) is 15.2. The Morgan fingerprint density at radius 2 is 1.80 bits per heavy atom. The second-order valence-electron chi connectivity index (χ2n) is 4.99. The van der Waals surface area contributed by atoms with E-state index in [9.17, 15) is 0 Å². The van der Waals surface area contributed by atoms with Crippen molar-refractivity contribution in [1.82, 2.24) is 14.8 Å². The van der Waals surface area contributed by atoms with E-state index in [1.54, 1.807) is 7.11 Å². The number of ether oxygens (including phenoxy) is 1. The molecule has 0 atom stereocenters. The molecule has 5 heteroatoms. The topological polar surface area (TPSA) is 39.9 Å². The monoisotopic (exact) mass is 337 g/mol. The van der Waals surface area contributed by atoms with Gasteiger partial charge in [0.2, 0.25) is 0 Å². The lowest BCUT2D eigenvalue weighted by Crippen LogP contribution is -2.10. The Kier molecular flexibility index (Phi) is 4.94. The quantitative estimate of drug-likeness (QED) is 0.785. The van der Waals surface area contributed by atoms with Crippen LogP contribution >= 0.6 is 15.9 Å². The van der Waals surface area contributed by atoms with Crippen molar-refractivity contribution in [3.63, 3.8) is 0 Å². The number of rotatable bonds is 5. The molecule has 0 bridgehead atoms. The molecule has 2 aromatic rings. The van der Waals surface area contributed by atoms with Crippen LogP contribution in [-0.4, -0.2) is 28.5 Å². The van der Waals surface area contributed by atoms with Crippen molar-refractivity contribution in [3.8, 4) is 11.4 Å². The van der Waals surface area contributed by atoms with Crippen molar-refractivity contribution in [2.75, 3.05) is 13.7 Å². The number of benzene rings is 1. The maximum Gasteiger partial charge on any atom is 0.164 e. The number of hydrogen-bond donors (Lipinski definition) is 0. The molecule has 0 aliphatic rings. The van der Waals surface area contributed by atoms with E-state index in [0.717, 1.165) is 18.2 Å². The van der Waals surface area contributed by atoms with E-state index in [1.807, 2.05) is 0 Å². The Bertz CT molecular complexity index is 584. The number of methoxy groups -OCH3 is 1. The minimum absolute atomic E-state index is 0.648. The fraction of sp³-hybridized carbons (Fsp3) is 0.467. The smallest absolute Gasteiger partial charge is 0.164 e. The lowest BCUT2D eigenvalue weighted by atomic mass is 9.99. The van der Waals surface area contributed by atoms with Crippen molar-refractivity contribution in [2.45, 2.75) is 32.6 Å². The molecule has 0 saturated carbocycles. The molecule has 20 heavy (non-hydrogen) atoms. The van der Waals surface area contributed by atoms with E-state index < -0.39 is 0 Å². The zero-order chi connectivity index (χ0) is 14.7. The minimum atomic E-state index is 0.648. The van der Waals surface area contributed by atoms with Gasteiger partial charge in [-0.25, -0.2) is 0 Å². The van der Waals surface area contributed by atoms with Crippen LogP contribution in [0.25, 0.3) is 11.4 Å². The lowest BCUT2D eigenvalue weighted by Gasteiger charge is -2.13. The number of alkyl halides is 1. The van der Waals surface area contributed by atoms with E-state index in [0.29, 0.717) is 11.9 Å². The molecule has 1 aromatic heterocycles. The van der Waals surface area contributed by atoms with Gasteiger partial charge in [-0.05, 0) is 31.9 Å². The van der Waals surface area contributed by atoms with Gasteiger partial charge in [0.25, 0.3) is 0 Å². The van der Waals surface area contributed by atoms with Crippen molar-refractivity contribution in [2.24, 2.45) is 0 Å². The molecule has 0 N–H and O–H groups in total. The molecule has 1 aromatic carbocycles. The average molecular weight is 338 g/mol. The molecule has 4 nitrogen and oxygen atoms in total. The maximum absolute atomic E-state index is 5.19. The summed E-state index contributed by atoms with van der Waals surface area (Å²) >= 11 is 3.47. The normalized spacial score (nSPS) is 11.1. The van der Waals surface area contributed by atoms with E-state index in [4.69, 9.17) is 4.74 Å². The average Bonchev–Trinajstić information content (AvgIpc) is 2.78. The van der Waals surface area contributed by atoms with Gasteiger partial charge in [0, 0.05) is 19.2 Å². The first-order chi connectivity index (χ1) is 9.58. The first-order valence-corrected chi connectivity index (χ1v) is 7.75. The first-order valence-electron chi connectivity index (χ1n) is 6.63. The molecule has 1 heterocycles. The molecule has 0 aliphatic carbocycles. The SMILES string of the molecule is COCCn1c(CBr)nnc1-c1c(C)cc(C)cc1C. The molecule has 0 radical (unpaired) electrons. The summed E-state index contributed by atoms with van der Waals surface area (Å²) in [6.45, 7) is 7.77. The van der Waals surface area contributed by atoms with Crippen molar-refractivity contribution in [3.05, 3.63) is 34.6 Å². The van der Waals surface area contributed by atoms with E-state index in [1.165, 1.54) is 22.3 Å². The van der Waals surface area contributed by atoms with Crippen LogP contribution in [0.2, 0.25) is 0 Å². The van der Waals surface area contributed by atoms with Gasteiger partial charge >= 0.3 is 0 Å². The van der Waals surface area contributed by atoms with Crippen molar-refractivity contribution >= 4 is 15.9 Å². The van der Waals surface area contributed by atoms with E-state index in [2.05, 4.69) is 63.6 Å². The number of aryl methyl sites for hydroxylation is 3. The van der Waals surface area contributed by atoms with Crippen LogP contribution in [0.1, 0.15) is 22.5 Å². The van der Waals surface area contributed by atoms with E-state index >= 15 is 0 Å². The van der Waals surface area contributed by atoms with Gasteiger partial charge in [0.05, 0.1) is 11.9 Å². The van der Waals surface area contributed by atoms with Gasteiger partial charge in [0.15, 0.2) is 5.82 Å². The van der Waals surface area contributed by atoms with Crippen molar-refractivity contribution < 1.29 is 4.74 Å². The van der Waals surface area contributed by atoms with Gasteiger partial charge < -0.3 is 9.30 Å². The van der Waals surface area contributed by atoms with Crippen LogP contribution in [-0.2, 0) is 16.6 Å². The highest BCUT2D eigenvalue weighted by Gasteiger charge is 2.16. The number of aromatic nitrogens is 3. The number of nitrogens with zero attached hydrogens (tertiary/aromatic N) is 3. The third-order valence-corrected chi connectivity index (χ3v) is 3.87. The second kappa shape index (κ2) is 6.50. The highest BCUT2D eigenvalue weighted by molar-refractivity contribution is 9.08. The third-order valence-electron chi connectivity index (χ3n) is 3.37. The molecular weight excluding hydrogens is 318 g/mol. The molecule has 2 rings (SSSR count). The standard InChI is InChI=1S/C15H20BrN3O/c1-10-7-11(2)14(12(3)8-10)15-18-17-13(9-16)19(15)5-6-20-4/h7-8H,5-6,9H2,1-4H3. The van der Waals surface area contributed by atoms with Crippen LogP contribution in [0, 0.1) is 20.8 Å². The zero-order valence-corrected chi connectivity index (χ0v) is 14.0. The third kappa shape index (κ3) is 2.94. The Balaban J connectivity index is 2.55. The summed E-state index contributed by atoms with van der Waals surface area (Å²) in [6.07, 6.45) is 0. The van der Waals surface area contributed by atoms with Crippen LogP contribution in [0.3, 0.4) is 0 Å². The highest BCUT2D eigenvalue weighted by atomic mass is 79.9. The zero-order valence-electron chi connectivity index (χ0n) is 12.4. The summed E-state index contributed by atoms with van der Waals surface area (Å²) < 4.78 is 7.32. The predicted octanol–water partition coefficient (Wildman–Crippen LogP) is 3.41. The van der Waals surface area contributed by atoms with Crippen LogP contribution in [0.4, 0.5) is 0 Å². The van der Waals surface area contributed by atoms with Gasteiger partial charge in [-0.3, -0.25) is 0 Å². The van der Waals surface area contributed by atoms with Gasteiger partial charge in [0.1, 0.15) is 5.82 Å². The molecule has 108 valence electrons. The molecular formula is C15H20BrN3O. The summed E-state index contributed by atoms with van der Waals surface area (Å²) in [5.41, 5.74) is 4.91. The molecule has 0 spiro atoms. The number of halogens is 1. The fourth-order valence-electron chi connectivity index (χ4n) is 2.57. The Hall–Kier alpha value is -1.20. The Labute approximate surface area is 128 Å². The number of hydrogen-bond acceptors (Lipinski definition) is 3. The summed E-state index contributed by atoms with van der Waals surface area (Å²) in [5, 5.41) is 9.36. The minimum Gasteiger partial charge on any atom is -0.383 e. The predicted molar refractivity (Wildman–Crippen MR) is 84.2 cm³/mol. The molecule has 0 fully saturated rings. The summed E-state index contributed by atoms with van der Waals surface area (Å²) in [4.78, 5) is 0. The van der Waals surface area contributed by atoms with Gasteiger partial charge in [-0.15, -0.1) is 10.2 Å². The fourth-order valence-corrected chi connectivity index (χ4v) is 2.98. The van der Waals surface area contributed by atoms with Gasteiger partial charge in [-0.1, -0.05) is 33.6 Å². The maximum atomic E-state index is 5.19. The summed E-state index contributed by atoms with van der Waals surface area (Å²) in [6, 6.07) is 4.37. The van der Waals surface area contributed by atoms with Crippen LogP contribution < -0.4 is 0 Å². The van der Waals surface area contributed by atoms with Gasteiger partial charge in [-0.2, -0.15) is 0 Å². The molecule has 0 saturated heterocycles. The summed E-state index contributed by atoms with van der Waals surface area (Å²) in [7, 11) is 1.71. The molecule has 0 aliphatic heterocycles. The highest BCUT2D eigenvalue weighted by Crippen LogP contribution is 2.28. The largest absolute Gasteiger partial charge is 0.383 e. The molecule has 0 unspecified atom stereocenters. The van der Waals surface area contributed by atoms with Crippen LogP contribution in [0.5, 0.6) is 0 Å². The van der Waals surface area contributed by atoms with E-state index in [-0.39, 0.29) is 0 Å². The Morgan fingerprint density at radius 1 is 1.15 bits per heavy atom. The molecule has 0 amide bonds. The second-order valence-corrected chi connectivity index (χ2v) is 5.55.